The van der Waals surface area contributed by atoms with Crippen molar-refractivity contribution in [1.82, 2.24) is 4.72 Å². The van der Waals surface area contributed by atoms with Crippen molar-refractivity contribution in [3.05, 3.63) is 42.0 Å². The van der Waals surface area contributed by atoms with Crippen LogP contribution in [0.3, 0.4) is 0 Å². The van der Waals surface area contributed by atoms with E-state index in [1.165, 1.54) is 0 Å². The van der Waals surface area contributed by atoms with Crippen molar-refractivity contribution in [2.45, 2.75) is 18.2 Å². The van der Waals surface area contributed by atoms with Crippen LogP contribution in [0, 0.1) is 6.92 Å². The van der Waals surface area contributed by atoms with Crippen LogP contribution in [-0.4, -0.2) is 28.7 Å². The Kier molecular flexibility index (Phi) is 4.75. The fourth-order valence-electron chi connectivity index (χ4n) is 2.16. The number of benzene rings is 2. The second kappa shape index (κ2) is 6.35. The van der Waals surface area contributed by atoms with E-state index in [1.54, 1.807) is 13.2 Å². The molecule has 4 nitrogen and oxygen atoms in total. The summed E-state index contributed by atoms with van der Waals surface area (Å²) >= 11 is 0. The number of ether oxygens (including phenoxy) is 1. The second-order valence-electron chi connectivity index (χ2n) is 4.67. The van der Waals surface area contributed by atoms with Crippen LogP contribution >= 0.6 is 0 Å². The predicted octanol–water partition coefficient (Wildman–Crippen LogP) is 2.46. The summed E-state index contributed by atoms with van der Waals surface area (Å²) in [6, 6.07) is 11.0. The van der Waals surface area contributed by atoms with Gasteiger partial charge in [0.2, 0.25) is 10.0 Å². The highest BCUT2D eigenvalue weighted by molar-refractivity contribution is 7.89. The lowest BCUT2D eigenvalue weighted by Crippen LogP contribution is -2.25. The van der Waals surface area contributed by atoms with Crippen LogP contribution in [0.2, 0.25) is 0 Å². The molecule has 0 spiro atoms. The Hall–Kier alpha value is -1.43. The lowest BCUT2D eigenvalue weighted by atomic mass is 10.1. The number of nitrogens with one attached hydrogen (secondary N) is 1. The van der Waals surface area contributed by atoms with E-state index >= 15 is 0 Å². The Morgan fingerprint density at radius 3 is 2.50 bits per heavy atom. The van der Waals surface area contributed by atoms with E-state index in [4.69, 9.17) is 4.74 Å². The Labute approximate surface area is 119 Å². The predicted molar refractivity (Wildman–Crippen MR) is 80.4 cm³/mol. The molecule has 0 atom stereocenters. The van der Waals surface area contributed by atoms with Crippen LogP contribution in [0.4, 0.5) is 0 Å². The lowest BCUT2D eigenvalue weighted by Gasteiger charge is -2.11. The average molecular weight is 293 g/mol. The van der Waals surface area contributed by atoms with Crippen molar-refractivity contribution in [3.8, 4) is 0 Å². The summed E-state index contributed by atoms with van der Waals surface area (Å²) in [5.74, 6) is 0. The van der Waals surface area contributed by atoms with E-state index in [0.29, 0.717) is 24.5 Å². The molecule has 20 heavy (non-hydrogen) atoms. The molecule has 2 aromatic rings. The fraction of sp³-hybridized carbons (Fsp3) is 0.333. The largest absolute Gasteiger partial charge is 0.385 e. The van der Waals surface area contributed by atoms with Crippen molar-refractivity contribution in [1.29, 1.82) is 0 Å². The number of hydrogen-bond acceptors (Lipinski definition) is 3. The molecule has 0 aliphatic carbocycles. The van der Waals surface area contributed by atoms with Crippen LogP contribution < -0.4 is 4.72 Å². The van der Waals surface area contributed by atoms with E-state index in [-0.39, 0.29) is 0 Å². The standard InChI is InChI=1S/C15H19NO3S/c1-12-8-9-15(14-7-4-3-6-13(12)14)20(17,18)16-10-5-11-19-2/h3-4,6-9,16H,5,10-11H2,1-2H3. The topological polar surface area (TPSA) is 55.4 Å². The van der Waals surface area contributed by atoms with Gasteiger partial charge in [0.25, 0.3) is 0 Å². The monoisotopic (exact) mass is 293 g/mol. The minimum atomic E-state index is -3.49. The van der Waals surface area contributed by atoms with E-state index < -0.39 is 10.0 Å². The van der Waals surface area contributed by atoms with Crippen molar-refractivity contribution < 1.29 is 13.2 Å². The third-order valence-electron chi connectivity index (χ3n) is 3.21. The molecule has 0 saturated heterocycles. The molecule has 0 aromatic heterocycles. The molecule has 108 valence electrons. The minimum absolute atomic E-state index is 0.330. The third-order valence-corrected chi connectivity index (χ3v) is 4.73. The molecule has 0 amide bonds. The first-order valence-electron chi connectivity index (χ1n) is 6.53. The molecule has 0 aliphatic heterocycles. The normalized spacial score (nSPS) is 11.9. The van der Waals surface area contributed by atoms with Crippen LogP contribution in [0.1, 0.15) is 12.0 Å². The first-order chi connectivity index (χ1) is 9.56. The van der Waals surface area contributed by atoms with Gasteiger partial charge in [0, 0.05) is 25.6 Å². The summed E-state index contributed by atoms with van der Waals surface area (Å²) in [6.45, 7) is 2.89. The van der Waals surface area contributed by atoms with E-state index in [0.717, 1.165) is 16.3 Å². The SMILES string of the molecule is COCCCNS(=O)(=O)c1ccc(C)c2ccccc12. The van der Waals surface area contributed by atoms with Gasteiger partial charge in [-0.05, 0) is 30.4 Å². The molecule has 5 heteroatoms. The minimum Gasteiger partial charge on any atom is -0.385 e. The van der Waals surface area contributed by atoms with Gasteiger partial charge in [0.15, 0.2) is 0 Å². The summed E-state index contributed by atoms with van der Waals surface area (Å²) in [4.78, 5) is 0.330. The average Bonchev–Trinajstić information content (AvgIpc) is 2.44. The zero-order chi connectivity index (χ0) is 14.6. The molecule has 2 rings (SSSR count). The maximum Gasteiger partial charge on any atom is 0.241 e. The zero-order valence-electron chi connectivity index (χ0n) is 11.7. The summed E-state index contributed by atoms with van der Waals surface area (Å²) in [5.41, 5.74) is 1.07. The van der Waals surface area contributed by atoms with Crippen molar-refractivity contribution in [2.24, 2.45) is 0 Å². The molecular weight excluding hydrogens is 274 g/mol. The summed E-state index contributed by atoms with van der Waals surface area (Å²) in [5, 5.41) is 1.72. The molecule has 0 radical (unpaired) electrons. The lowest BCUT2D eigenvalue weighted by molar-refractivity contribution is 0.196. The first-order valence-corrected chi connectivity index (χ1v) is 8.01. The molecular formula is C15H19NO3S. The number of rotatable bonds is 6. The van der Waals surface area contributed by atoms with Crippen LogP contribution in [0.5, 0.6) is 0 Å². The maximum absolute atomic E-state index is 12.4. The van der Waals surface area contributed by atoms with Crippen LogP contribution in [-0.2, 0) is 14.8 Å². The van der Waals surface area contributed by atoms with E-state index in [1.807, 2.05) is 37.3 Å². The number of aryl methyl sites for hydroxylation is 1. The third kappa shape index (κ3) is 3.17. The quantitative estimate of drug-likeness (QED) is 0.832. The Balaban J connectivity index is 2.35. The highest BCUT2D eigenvalue weighted by atomic mass is 32.2. The molecule has 0 unspecified atom stereocenters. The maximum atomic E-state index is 12.4. The number of methoxy groups -OCH3 is 1. The van der Waals surface area contributed by atoms with Crippen molar-refractivity contribution in [2.75, 3.05) is 20.3 Å². The van der Waals surface area contributed by atoms with E-state index in [9.17, 15) is 8.42 Å². The van der Waals surface area contributed by atoms with Gasteiger partial charge < -0.3 is 4.74 Å². The summed E-state index contributed by atoms with van der Waals surface area (Å²) in [7, 11) is -1.89. The van der Waals surface area contributed by atoms with Gasteiger partial charge in [-0.3, -0.25) is 0 Å². The molecule has 2 aromatic carbocycles. The van der Waals surface area contributed by atoms with Crippen molar-refractivity contribution >= 4 is 20.8 Å². The molecule has 0 saturated carbocycles. The van der Waals surface area contributed by atoms with Gasteiger partial charge in [0.05, 0.1) is 4.90 Å². The fourth-order valence-corrected chi connectivity index (χ4v) is 3.44. The van der Waals surface area contributed by atoms with Gasteiger partial charge >= 0.3 is 0 Å². The van der Waals surface area contributed by atoms with Gasteiger partial charge in [-0.25, -0.2) is 13.1 Å². The van der Waals surface area contributed by atoms with E-state index in [2.05, 4.69) is 4.72 Å². The zero-order valence-corrected chi connectivity index (χ0v) is 12.5. The molecule has 0 bridgehead atoms. The number of hydrogen-bond donors (Lipinski definition) is 1. The molecule has 1 N–H and O–H groups in total. The molecule has 0 heterocycles. The highest BCUT2D eigenvalue weighted by Gasteiger charge is 2.17. The Bertz CT molecular complexity index is 695. The highest BCUT2D eigenvalue weighted by Crippen LogP contribution is 2.25. The van der Waals surface area contributed by atoms with Crippen LogP contribution in [0.15, 0.2) is 41.3 Å². The van der Waals surface area contributed by atoms with Gasteiger partial charge in [0.1, 0.15) is 0 Å². The smallest absolute Gasteiger partial charge is 0.241 e. The van der Waals surface area contributed by atoms with Crippen molar-refractivity contribution in [3.63, 3.8) is 0 Å². The Morgan fingerprint density at radius 1 is 1.10 bits per heavy atom. The first kappa shape index (κ1) is 15.0. The molecule has 0 fully saturated rings. The van der Waals surface area contributed by atoms with Crippen LogP contribution in [0.25, 0.3) is 10.8 Å². The number of fused-ring (bicyclic) bond motifs is 1. The van der Waals surface area contributed by atoms with Gasteiger partial charge in [-0.2, -0.15) is 0 Å². The Morgan fingerprint density at radius 2 is 1.80 bits per heavy atom. The number of sulfonamides is 1. The van der Waals surface area contributed by atoms with Gasteiger partial charge in [-0.1, -0.05) is 30.3 Å². The second-order valence-corrected chi connectivity index (χ2v) is 6.41. The summed E-state index contributed by atoms with van der Waals surface area (Å²) < 4.78 is 32.3. The van der Waals surface area contributed by atoms with Gasteiger partial charge in [-0.15, -0.1) is 0 Å². The summed E-state index contributed by atoms with van der Waals surface area (Å²) in [6.07, 6.45) is 0.652. The molecule has 0 aliphatic rings.